The molecule has 2 N–H and O–H groups in total. The van der Waals surface area contributed by atoms with Crippen molar-refractivity contribution in [1.82, 2.24) is 15.2 Å². The van der Waals surface area contributed by atoms with Crippen LogP contribution in [0.2, 0.25) is 0 Å². The highest BCUT2D eigenvalue weighted by molar-refractivity contribution is 7.99. The SMILES string of the molecule is O=C(O)C1CSCCN1C(=O)NCCc1cscn1. The molecule has 0 saturated carbocycles. The molecule has 2 amide bonds. The van der Waals surface area contributed by atoms with Crippen molar-refractivity contribution in [2.45, 2.75) is 12.5 Å². The summed E-state index contributed by atoms with van der Waals surface area (Å²) in [5.74, 6) is 0.292. The number of carbonyl (C=O) groups excluding carboxylic acids is 1. The van der Waals surface area contributed by atoms with E-state index in [-0.39, 0.29) is 6.03 Å². The number of nitrogens with one attached hydrogen (secondary N) is 1. The average molecular weight is 301 g/mol. The topological polar surface area (TPSA) is 82.5 Å². The number of amides is 2. The summed E-state index contributed by atoms with van der Waals surface area (Å²) in [5, 5.41) is 13.8. The van der Waals surface area contributed by atoms with E-state index in [2.05, 4.69) is 10.3 Å². The van der Waals surface area contributed by atoms with Gasteiger partial charge in [-0.2, -0.15) is 11.8 Å². The maximum absolute atomic E-state index is 12.0. The lowest BCUT2D eigenvalue weighted by Gasteiger charge is -2.32. The molecule has 0 bridgehead atoms. The molecule has 2 heterocycles. The summed E-state index contributed by atoms with van der Waals surface area (Å²) >= 11 is 3.08. The summed E-state index contributed by atoms with van der Waals surface area (Å²) in [6.45, 7) is 0.947. The number of carboxylic acid groups (broad SMARTS) is 1. The predicted octanol–water partition coefficient (Wildman–Crippen LogP) is 0.897. The molecule has 6 nitrogen and oxygen atoms in total. The Morgan fingerprint density at radius 2 is 2.42 bits per heavy atom. The van der Waals surface area contributed by atoms with Gasteiger partial charge in [0.15, 0.2) is 0 Å². The third-order valence-electron chi connectivity index (χ3n) is 2.82. The molecule has 19 heavy (non-hydrogen) atoms. The van der Waals surface area contributed by atoms with Crippen molar-refractivity contribution >= 4 is 35.1 Å². The number of rotatable bonds is 4. The van der Waals surface area contributed by atoms with Crippen LogP contribution in [0.15, 0.2) is 10.9 Å². The Labute approximate surface area is 119 Å². The van der Waals surface area contributed by atoms with Crippen LogP contribution in [-0.4, -0.2) is 57.6 Å². The summed E-state index contributed by atoms with van der Waals surface area (Å²) in [5.41, 5.74) is 2.69. The van der Waals surface area contributed by atoms with Crippen LogP contribution in [0, 0.1) is 0 Å². The first-order chi connectivity index (χ1) is 9.18. The first-order valence-electron chi connectivity index (χ1n) is 5.90. The van der Waals surface area contributed by atoms with Crippen molar-refractivity contribution in [1.29, 1.82) is 0 Å². The van der Waals surface area contributed by atoms with Gasteiger partial charge in [0, 0.05) is 36.4 Å². The van der Waals surface area contributed by atoms with Gasteiger partial charge in [0.25, 0.3) is 0 Å². The molecule has 1 unspecified atom stereocenters. The van der Waals surface area contributed by atoms with Gasteiger partial charge in [-0.1, -0.05) is 0 Å². The lowest BCUT2D eigenvalue weighted by atomic mass is 10.3. The number of carbonyl (C=O) groups is 2. The second-order valence-corrected chi connectivity index (χ2v) is 5.95. The van der Waals surface area contributed by atoms with Crippen LogP contribution in [0.5, 0.6) is 0 Å². The molecule has 8 heteroatoms. The van der Waals surface area contributed by atoms with Gasteiger partial charge in [0.2, 0.25) is 0 Å². The van der Waals surface area contributed by atoms with E-state index in [4.69, 9.17) is 5.11 Å². The highest BCUT2D eigenvalue weighted by Gasteiger charge is 2.32. The summed E-state index contributed by atoms with van der Waals surface area (Å²) in [4.78, 5) is 28.6. The van der Waals surface area contributed by atoms with Crippen molar-refractivity contribution in [2.75, 3.05) is 24.6 Å². The molecule has 1 aromatic rings. The molecule has 0 aromatic carbocycles. The monoisotopic (exact) mass is 301 g/mol. The second-order valence-electron chi connectivity index (χ2n) is 4.08. The summed E-state index contributed by atoms with van der Waals surface area (Å²) < 4.78 is 0. The van der Waals surface area contributed by atoms with Gasteiger partial charge in [-0.15, -0.1) is 11.3 Å². The van der Waals surface area contributed by atoms with E-state index in [0.717, 1.165) is 11.4 Å². The number of thiazole rings is 1. The third kappa shape index (κ3) is 3.84. The zero-order valence-electron chi connectivity index (χ0n) is 10.2. The van der Waals surface area contributed by atoms with E-state index in [1.165, 1.54) is 16.2 Å². The van der Waals surface area contributed by atoms with Crippen molar-refractivity contribution in [3.63, 3.8) is 0 Å². The largest absolute Gasteiger partial charge is 0.480 e. The lowest BCUT2D eigenvalue weighted by molar-refractivity contribution is -0.141. The van der Waals surface area contributed by atoms with Gasteiger partial charge in [-0.3, -0.25) is 0 Å². The van der Waals surface area contributed by atoms with Crippen molar-refractivity contribution < 1.29 is 14.7 Å². The zero-order chi connectivity index (χ0) is 13.7. The number of carboxylic acids is 1. The van der Waals surface area contributed by atoms with E-state index in [1.807, 2.05) is 5.38 Å². The molecule has 0 aliphatic carbocycles. The Kier molecular flexibility index (Phi) is 5.03. The normalized spacial score (nSPS) is 19.2. The van der Waals surface area contributed by atoms with E-state index in [1.54, 1.807) is 17.3 Å². The maximum Gasteiger partial charge on any atom is 0.327 e. The summed E-state index contributed by atoms with van der Waals surface area (Å²) in [6, 6.07) is -1.03. The second kappa shape index (κ2) is 6.76. The number of urea groups is 1. The molecule has 1 aliphatic rings. The first-order valence-corrected chi connectivity index (χ1v) is 8.00. The van der Waals surface area contributed by atoms with E-state index < -0.39 is 12.0 Å². The fourth-order valence-electron chi connectivity index (χ4n) is 1.81. The highest BCUT2D eigenvalue weighted by Crippen LogP contribution is 2.16. The lowest BCUT2D eigenvalue weighted by Crippen LogP contribution is -2.54. The zero-order valence-corrected chi connectivity index (χ0v) is 11.9. The molecule has 1 fully saturated rings. The molecular formula is C11H15N3O3S2. The average Bonchev–Trinajstić information content (AvgIpc) is 2.91. The molecule has 104 valence electrons. The number of hydrogen-bond donors (Lipinski definition) is 2. The van der Waals surface area contributed by atoms with Gasteiger partial charge < -0.3 is 15.3 Å². The number of aromatic nitrogens is 1. The van der Waals surface area contributed by atoms with Gasteiger partial charge in [-0.25, -0.2) is 14.6 Å². The molecule has 1 atom stereocenters. The van der Waals surface area contributed by atoms with Crippen molar-refractivity contribution in [3.05, 3.63) is 16.6 Å². The van der Waals surface area contributed by atoms with Gasteiger partial charge in [0.1, 0.15) is 6.04 Å². The molecule has 0 radical (unpaired) electrons. The molecule has 2 rings (SSSR count). The van der Waals surface area contributed by atoms with Crippen LogP contribution in [0.4, 0.5) is 4.79 Å². The van der Waals surface area contributed by atoms with Crippen LogP contribution < -0.4 is 5.32 Å². The fourth-order valence-corrected chi connectivity index (χ4v) is 3.44. The molecule has 0 spiro atoms. The Balaban J connectivity index is 1.82. The number of nitrogens with zero attached hydrogens (tertiary/aromatic N) is 2. The first kappa shape index (κ1) is 14.1. The quantitative estimate of drug-likeness (QED) is 0.863. The Morgan fingerprint density at radius 3 is 3.11 bits per heavy atom. The number of thioether (sulfide) groups is 1. The fraction of sp³-hybridized carbons (Fsp3) is 0.545. The van der Waals surface area contributed by atoms with Crippen LogP contribution in [0.1, 0.15) is 5.69 Å². The predicted molar refractivity (Wildman–Crippen MR) is 74.7 cm³/mol. The Hall–Kier alpha value is -1.28. The molecule has 1 aromatic heterocycles. The standard InChI is InChI=1S/C11H15N3O3S2/c15-10(16)9-6-18-4-3-14(9)11(17)12-2-1-8-5-19-7-13-8/h5,7,9H,1-4,6H2,(H,12,17)(H,15,16). The third-order valence-corrected chi connectivity index (χ3v) is 4.47. The van der Waals surface area contributed by atoms with Crippen molar-refractivity contribution in [3.8, 4) is 0 Å². The van der Waals surface area contributed by atoms with Gasteiger partial charge in [0.05, 0.1) is 11.2 Å². The van der Waals surface area contributed by atoms with Gasteiger partial charge in [-0.05, 0) is 0 Å². The van der Waals surface area contributed by atoms with Gasteiger partial charge >= 0.3 is 12.0 Å². The Morgan fingerprint density at radius 1 is 1.58 bits per heavy atom. The van der Waals surface area contributed by atoms with E-state index in [9.17, 15) is 9.59 Å². The maximum atomic E-state index is 12.0. The minimum absolute atomic E-state index is 0.303. The van der Waals surface area contributed by atoms with Crippen molar-refractivity contribution in [2.24, 2.45) is 0 Å². The smallest absolute Gasteiger partial charge is 0.327 e. The highest BCUT2D eigenvalue weighted by atomic mass is 32.2. The Bertz CT molecular complexity index is 438. The number of aliphatic carboxylic acids is 1. The summed E-state index contributed by atoms with van der Waals surface area (Å²) in [6.07, 6.45) is 0.662. The summed E-state index contributed by atoms with van der Waals surface area (Å²) in [7, 11) is 0. The van der Waals surface area contributed by atoms with E-state index in [0.29, 0.717) is 25.3 Å². The van der Waals surface area contributed by atoms with E-state index >= 15 is 0 Å². The van der Waals surface area contributed by atoms with Crippen LogP contribution >= 0.6 is 23.1 Å². The molecule has 1 aliphatic heterocycles. The van der Waals surface area contributed by atoms with Crippen LogP contribution in [0.3, 0.4) is 0 Å². The minimum Gasteiger partial charge on any atom is -0.480 e. The van der Waals surface area contributed by atoms with Crippen LogP contribution in [0.25, 0.3) is 0 Å². The van der Waals surface area contributed by atoms with Crippen LogP contribution in [-0.2, 0) is 11.2 Å². The molecular weight excluding hydrogens is 286 g/mol. The molecule has 1 saturated heterocycles. The minimum atomic E-state index is -0.943. The number of hydrogen-bond acceptors (Lipinski definition) is 5.